The average molecular weight is 250 g/mol. The summed E-state index contributed by atoms with van der Waals surface area (Å²) in [6, 6.07) is 0.585. The van der Waals surface area contributed by atoms with E-state index in [0.29, 0.717) is 6.07 Å². The minimum Gasteiger partial charge on any atom is -0.481 e. The number of carbonyl (C=O) groups is 1. The van der Waals surface area contributed by atoms with E-state index in [0.717, 1.165) is 0 Å². The molecular weight excluding hydrogens is 241 g/mol. The quantitative estimate of drug-likeness (QED) is 0.696. The molecule has 1 aromatic rings. The van der Waals surface area contributed by atoms with Crippen molar-refractivity contribution >= 4 is 5.97 Å². The third kappa shape index (κ3) is 3.18. The maximum Gasteiger partial charge on any atom is 0.306 e. The predicted molar refractivity (Wildman–Crippen MR) is 49.5 cm³/mol. The number of rotatable bonds is 4. The minimum atomic E-state index is -1.94. The number of hydrogen-bond acceptors (Lipinski definition) is 3. The van der Waals surface area contributed by atoms with Crippen LogP contribution in [0.5, 0.6) is 0 Å². The lowest BCUT2D eigenvalue weighted by molar-refractivity contribution is -0.141. The Morgan fingerprint density at radius 3 is 2.18 bits per heavy atom. The molecular formula is C10H9F3O4. The Labute approximate surface area is 93.9 Å². The number of halogens is 3. The van der Waals surface area contributed by atoms with Crippen molar-refractivity contribution in [1.29, 1.82) is 0 Å². The Bertz CT molecular complexity index is 436. The summed E-state index contributed by atoms with van der Waals surface area (Å²) < 4.78 is 38.5. The lowest BCUT2D eigenvalue weighted by atomic mass is 10.0. The van der Waals surface area contributed by atoms with Crippen molar-refractivity contribution in [3.63, 3.8) is 0 Å². The number of aliphatic hydroxyl groups is 2. The van der Waals surface area contributed by atoms with E-state index < -0.39 is 47.6 Å². The Kier molecular flexibility index (Phi) is 4.08. The highest BCUT2D eigenvalue weighted by Gasteiger charge is 2.25. The van der Waals surface area contributed by atoms with Gasteiger partial charge in [-0.05, 0) is 6.07 Å². The summed E-state index contributed by atoms with van der Waals surface area (Å²) in [5.74, 6) is -5.52. The summed E-state index contributed by atoms with van der Waals surface area (Å²) in [4.78, 5) is 10.3. The van der Waals surface area contributed by atoms with E-state index in [-0.39, 0.29) is 6.07 Å². The molecule has 0 saturated carbocycles. The zero-order chi connectivity index (χ0) is 13.2. The molecule has 2 atom stereocenters. The fourth-order valence-corrected chi connectivity index (χ4v) is 1.26. The smallest absolute Gasteiger partial charge is 0.306 e. The molecule has 1 aromatic carbocycles. The van der Waals surface area contributed by atoms with Gasteiger partial charge in [-0.1, -0.05) is 0 Å². The molecule has 0 bridgehead atoms. The van der Waals surface area contributed by atoms with E-state index in [1.165, 1.54) is 0 Å². The van der Waals surface area contributed by atoms with Gasteiger partial charge in [0.1, 0.15) is 11.9 Å². The van der Waals surface area contributed by atoms with Gasteiger partial charge < -0.3 is 15.3 Å². The first-order chi connectivity index (χ1) is 7.82. The fourth-order valence-electron chi connectivity index (χ4n) is 1.26. The number of benzene rings is 1. The molecule has 4 nitrogen and oxygen atoms in total. The van der Waals surface area contributed by atoms with Gasteiger partial charge >= 0.3 is 5.97 Å². The topological polar surface area (TPSA) is 77.8 Å². The van der Waals surface area contributed by atoms with Crippen molar-refractivity contribution in [2.45, 2.75) is 18.6 Å². The molecule has 0 aliphatic rings. The van der Waals surface area contributed by atoms with Crippen molar-refractivity contribution in [2.24, 2.45) is 0 Å². The van der Waals surface area contributed by atoms with Crippen LogP contribution < -0.4 is 0 Å². The molecule has 2 unspecified atom stereocenters. The lowest BCUT2D eigenvalue weighted by Crippen LogP contribution is -2.22. The predicted octanol–water partition coefficient (Wildman–Crippen LogP) is 0.973. The van der Waals surface area contributed by atoms with Crippen LogP contribution >= 0.6 is 0 Å². The van der Waals surface area contributed by atoms with Crippen LogP contribution in [-0.2, 0) is 4.79 Å². The molecule has 1 rings (SSSR count). The monoisotopic (exact) mass is 250 g/mol. The molecule has 17 heavy (non-hydrogen) atoms. The molecule has 3 N–H and O–H groups in total. The van der Waals surface area contributed by atoms with E-state index >= 15 is 0 Å². The van der Waals surface area contributed by atoms with Crippen LogP contribution in [0.3, 0.4) is 0 Å². The van der Waals surface area contributed by atoms with Gasteiger partial charge in [-0.3, -0.25) is 4.79 Å². The highest BCUT2D eigenvalue weighted by Crippen LogP contribution is 2.24. The molecule has 0 saturated heterocycles. The summed E-state index contributed by atoms with van der Waals surface area (Å²) >= 11 is 0. The van der Waals surface area contributed by atoms with Gasteiger partial charge in [0.25, 0.3) is 0 Å². The van der Waals surface area contributed by atoms with Crippen LogP contribution in [0.2, 0.25) is 0 Å². The Morgan fingerprint density at radius 2 is 1.65 bits per heavy atom. The highest BCUT2D eigenvalue weighted by atomic mass is 19.2. The first-order valence-electron chi connectivity index (χ1n) is 4.55. The zero-order valence-electron chi connectivity index (χ0n) is 8.40. The molecule has 94 valence electrons. The third-order valence-electron chi connectivity index (χ3n) is 2.11. The third-order valence-corrected chi connectivity index (χ3v) is 2.11. The Hall–Kier alpha value is -1.60. The summed E-state index contributed by atoms with van der Waals surface area (Å²) in [6.45, 7) is 0. The maximum absolute atomic E-state index is 13.2. The largest absolute Gasteiger partial charge is 0.481 e. The van der Waals surface area contributed by atoms with Crippen molar-refractivity contribution in [3.8, 4) is 0 Å². The zero-order valence-corrected chi connectivity index (χ0v) is 8.40. The standard InChI is InChI=1S/C10H9F3O4/c11-5-2-7(13)6(12)1-4(5)10(17)8(14)3-9(15)16/h1-2,8,10,14,17H,3H2,(H,15,16). The second-order valence-corrected chi connectivity index (χ2v) is 3.40. The lowest BCUT2D eigenvalue weighted by Gasteiger charge is -2.17. The average Bonchev–Trinajstić information content (AvgIpc) is 2.21. The van der Waals surface area contributed by atoms with Gasteiger partial charge in [0.05, 0.1) is 12.5 Å². The minimum absolute atomic E-state index is 0.210. The number of carboxylic acids is 1. The first kappa shape index (κ1) is 13.5. The van der Waals surface area contributed by atoms with Gasteiger partial charge in [0, 0.05) is 11.6 Å². The van der Waals surface area contributed by atoms with Gasteiger partial charge in [0.15, 0.2) is 11.6 Å². The Morgan fingerprint density at radius 1 is 1.12 bits per heavy atom. The molecule has 0 heterocycles. The first-order valence-corrected chi connectivity index (χ1v) is 4.55. The number of hydrogen-bond donors (Lipinski definition) is 3. The van der Waals surface area contributed by atoms with Crippen molar-refractivity contribution in [1.82, 2.24) is 0 Å². The van der Waals surface area contributed by atoms with E-state index in [9.17, 15) is 28.2 Å². The number of aliphatic carboxylic acids is 1. The van der Waals surface area contributed by atoms with Crippen molar-refractivity contribution in [2.75, 3.05) is 0 Å². The molecule has 0 aliphatic carbocycles. The van der Waals surface area contributed by atoms with Gasteiger partial charge in [-0.25, -0.2) is 13.2 Å². The van der Waals surface area contributed by atoms with Gasteiger partial charge in [0.2, 0.25) is 0 Å². The Balaban J connectivity index is 2.99. The molecule has 0 aromatic heterocycles. The second-order valence-electron chi connectivity index (χ2n) is 3.40. The summed E-state index contributed by atoms with van der Waals surface area (Å²) in [5, 5.41) is 27.0. The van der Waals surface area contributed by atoms with Crippen LogP contribution in [0.1, 0.15) is 18.1 Å². The second kappa shape index (κ2) is 5.15. The number of carboxylic acid groups (broad SMARTS) is 1. The van der Waals surface area contributed by atoms with Crippen LogP contribution in [0.15, 0.2) is 12.1 Å². The van der Waals surface area contributed by atoms with Crippen LogP contribution in [0.25, 0.3) is 0 Å². The molecule has 0 fully saturated rings. The van der Waals surface area contributed by atoms with Crippen LogP contribution in [0, 0.1) is 17.5 Å². The van der Waals surface area contributed by atoms with E-state index in [1.54, 1.807) is 0 Å². The summed E-state index contributed by atoms with van der Waals surface area (Å²) in [6.07, 6.45) is -4.60. The maximum atomic E-state index is 13.2. The summed E-state index contributed by atoms with van der Waals surface area (Å²) in [5.41, 5.74) is -0.697. The molecule has 0 aliphatic heterocycles. The van der Waals surface area contributed by atoms with Crippen molar-refractivity contribution in [3.05, 3.63) is 35.1 Å². The fraction of sp³-hybridized carbons (Fsp3) is 0.300. The normalized spacial score (nSPS) is 14.4. The van der Waals surface area contributed by atoms with E-state index in [2.05, 4.69) is 0 Å². The molecule has 0 radical (unpaired) electrons. The molecule has 7 heteroatoms. The van der Waals surface area contributed by atoms with Crippen LogP contribution in [-0.4, -0.2) is 27.4 Å². The molecule has 0 spiro atoms. The van der Waals surface area contributed by atoms with Crippen molar-refractivity contribution < 1.29 is 33.3 Å². The molecule has 0 amide bonds. The highest BCUT2D eigenvalue weighted by molar-refractivity contribution is 5.67. The van der Waals surface area contributed by atoms with E-state index in [1.807, 2.05) is 0 Å². The van der Waals surface area contributed by atoms with Crippen LogP contribution in [0.4, 0.5) is 13.2 Å². The number of aliphatic hydroxyl groups excluding tert-OH is 2. The van der Waals surface area contributed by atoms with Gasteiger partial charge in [-0.15, -0.1) is 0 Å². The SMILES string of the molecule is O=C(O)CC(O)C(O)c1cc(F)c(F)cc1F. The summed E-state index contributed by atoms with van der Waals surface area (Å²) in [7, 11) is 0. The van der Waals surface area contributed by atoms with Gasteiger partial charge in [-0.2, -0.15) is 0 Å². The van der Waals surface area contributed by atoms with E-state index in [4.69, 9.17) is 5.11 Å².